The van der Waals surface area contributed by atoms with Gasteiger partial charge in [-0.1, -0.05) is 30.5 Å². The van der Waals surface area contributed by atoms with E-state index in [0.29, 0.717) is 65.8 Å². The molecule has 1 aromatic heterocycles. The number of carbonyl (C=O) groups excluding carboxylic acids is 2. The van der Waals surface area contributed by atoms with Gasteiger partial charge in [-0.2, -0.15) is 0 Å². The van der Waals surface area contributed by atoms with Gasteiger partial charge >= 0.3 is 0 Å². The average Bonchev–Trinajstić information content (AvgIpc) is 3.38. The molecule has 2 aromatic rings. The fourth-order valence-corrected chi connectivity index (χ4v) is 9.32. The zero-order valence-electron chi connectivity index (χ0n) is 21.8. The van der Waals surface area contributed by atoms with E-state index in [0.717, 1.165) is 50.5 Å². The van der Waals surface area contributed by atoms with Crippen LogP contribution >= 0.6 is 11.6 Å². The predicted octanol–water partition coefficient (Wildman–Crippen LogP) is 5.38. The number of halogens is 2. The minimum atomic E-state index is -0.724. The van der Waals surface area contributed by atoms with Crippen molar-refractivity contribution in [3.8, 4) is 0 Å². The van der Waals surface area contributed by atoms with E-state index in [1.807, 2.05) is 12.1 Å². The van der Waals surface area contributed by atoms with E-state index in [1.54, 1.807) is 18.5 Å². The van der Waals surface area contributed by atoms with E-state index in [1.165, 1.54) is 12.1 Å². The highest BCUT2D eigenvalue weighted by Crippen LogP contribution is 2.63. The summed E-state index contributed by atoms with van der Waals surface area (Å²) in [5.41, 5.74) is 7.65. The Labute approximate surface area is 229 Å². The summed E-state index contributed by atoms with van der Waals surface area (Å²) < 4.78 is 13.7. The Morgan fingerprint density at radius 3 is 2.42 bits per heavy atom. The van der Waals surface area contributed by atoms with E-state index in [9.17, 15) is 14.0 Å². The van der Waals surface area contributed by atoms with Gasteiger partial charge in [-0.05, 0) is 104 Å². The number of benzene rings is 1. The summed E-state index contributed by atoms with van der Waals surface area (Å²) in [7, 11) is 0. The molecule has 1 heterocycles. The molecule has 3 N–H and O–H groups in total. The summed E-state index contributed by atoms with van der Waals surface area (Å²) in [5, 5.41) is 3.50. The molecule has 5 aliphatic carbocycles. The lowest BCUT2D eigenvalue weighted by Gasteiger charge is -2.60. The number of rotatable bonds is 8. The normalized spacial score (nSPS) is 31.8. The first-order valence-corrected chi connectivity index (χ1v) is 14.6. The van der Waals surface area contributed by atoms with E-state index in [4.69, 9.17) is 17.3 Å². The van der Waals surface area contributed by atoms with Gasteiger partial charge < -0.3 is 11.1 Å². The van der Waals surface area contributed by atoms with Crippen LogP contribution < -0.4 is 11.1 Å². The molecule has 1 amide bonds. The first kappa shape index (κ1) is 25.9. The summed E-state index contributed by atoms with van der Waals surface area (Å²) in [5.74, 6) is 1.72. The van der Waals surface area contributed by atoms with E-state index in [2.05, 4.69) is 10.3 Å². The van der Waals surface area contributed by atoms with Crippen LogP contribution in [0, 0.1) is 34.9 Å². The largest absolute Gasteiger partial charge is 0.354 e. The number of hydrogen-bond donors (Lipinski definition) is 2. The molecule has 7 heteroatoms. The van der Waals surface area contributed by atoms with Crippen molar-refractivity contribution in [1.29, 1.82) is 0 Å². The molecule has 0 saturated heterocycles. The van der Waals surface area contributed by atoms with Crippen LogP contribution in [0.4, 0.5) is 4.39 Å². The number of nitrogens with one attached hydrogen (secondary N) is 1. The SMILES string of the molecule is NC(CNC(=O)C1(c2ccc(F)cc2Cl)CCCC1)C1C2CC3CC1CC(C(=O)Cc1ccncc1)(C3)C2. The third kappa shape index (κ3) is 4.48. The zero-order chi connectivity index (χ0) is 26.5. The first-order valence-electron chi connectivity index (χ1n) is 14.2. The smallest absolute Gasteiger partial charge is 0.230 e. The molecule has 0 radical (unpaired) electrons. The molecule has 0 aliphatic heterocycles. The lowest BCUT2D eigenvalue weighted by atomic mass is 9.44. The number of nitrogens with two attached hydrogens (primary N) is 1. The van der Waals surface area contributed by atoms with Crippen molar-refractivity contribution in [2.75, 3.05) is 6.54 Å². The van der Waals surface area contributed by atoms with Gasteiger partial charge in [0.1, 0.15) is 11.6 Å². The Morgan fingerprint density at radius 1 is 1.08 bits per heavy atom. The fraction of sp³-hybridized carbons (Fsp3) is 0.581. The third-order valence-corrected chi connectivity index (χ3v) is 10.7. The Kier molecular flexibility index (Phi) is 6.84. The highest BCUT2D eigenvalue weighted by molar-refractivity contribution is 6.31. The molecule has 5 nitrogen and oxygen atoms in total. The maximum atomic E-state index is 13.7. The van der Waals surface area contributed by atoms with Crippen LogP contribution in [-0.4, -0.2) is 29.3 Å². The molecule has 5 fully saturated rings. The number of Topliss-reactive ketones (excluding diaryl/α,β-unsaturated/α-hetero) is 1. The monoisotopic (exact) mass is 537 g/mol. The van der Waals surface area contributed by atoms with Gasteiger partial charge in [0.25, 0.3) is 0 Å². The number of ketones is 1. The van der Waals surface area contributed by atoms with Gasteiger partial charge in [0, 0.05) is 41.8 Å². The van der Waals surface area contributed by atoms with Crippen LogP contribution in [0.15, 0.2) is 42.7 Å². The van der Waals surface area contributed by atoms with E-state index in [-0.39, 0.29) is 17.4 Å². The summed E-state index contributed by atoms with van der Waals surface area (Å²) in [4.78, 5) is 31.3. The minimum absolute atomic E-state index is 0.0493. The minimum Gasteiger partial charge on any atom is -0.354 e. The molecule has 3 atom stereocenters. The van der Waals surface area contributed by atoms with Gasteiger partial charge in [-0.25, -0.2) is 4.39 Å². The lowest BCUT2D eigenvalue weighted by molar-refractivity contribution is -0.151. The van der Waals surface area contributed by atoms with Crippen LogP contribution in [0.25, 0.3) is 0 Å². The number of carbonyl (C=O) groups is 2. The van der Waals surface area contributed by atoms with Crippen molar-refractivity contribution in [2.45, 2.75) is 75.7 Å². The molecule has 5 saturated carbocycles. The first-order chi connectivity index (χ1) is 18.3. The van der Waals surface area contributed by atoms with Crippen LogP contribution in [0.5, 0.6) is 0 Å². The molecule has 5 aliphatic rings. The molecule has 4 bridgehead atoms. The van der Waals surface area contributed by atoms with Crippen molar-refractivity contribution in [3.63, 3.8) is 0 Å². The van der Waals surface area contributed by atoms with Crippen molar-refractivity contribution < 1.29 is 14.0 Å². The maximum absolute atomic E-state index is 13.7. The predicted molar refractivity (Wildman–Crippen MR) is 145 cm³/mol. The van der Waals surface area contributed by atoms with Gasteiger partial charge in [0.2, 0.25) is 5.91 Å². The van der Waals surface area contributed by atoms with Gasteiger partial charge in [-0.15, -0.1) is 0 Å². The number of amides is 1. The average molecular weight is 538 g/mol. The van der Waals surface area contributed by atoms with Gasteiger partial charge in [-0.3, -0.25) is 14.6 Å². The summed E-state index contributed by atoms with van der Waals surface area (Å²) >= 11 is 6.42. The number of hydrogen-bond acceptors (Lipinski definition) is 4. The molecule has 3 unspecified atom stereocenters. The molecule has 202 valence electrons. The Bertz CT molecular complexity index is 1200. The van der Waals surface area contributed by atoms with E-state index < -0.39 is 11.2 Å². The standard InChI is InChI=1S/C31H37ClFN3O2/c32-25-14-23(33)3-4-24(25)31(7-1-2-8-31)29(38)36-18-26(34)28-21-11-20-12-22(28)17-30(15-20,16-21)27(37)13-19-5-9-35-10-6-19/h3-6,9-10,14,20-22,26,28H,1-2,7-8,11-13,15-18,34H2,(H,36,38). The number of aromatic nitrogens is 1. The number of pyridine rings is 1. The van der Waals surface area contributed by atoms with Crippen molar-refractivity contribution in [3.05, 3.63) is 64.7 Å². The maximum Gasteiger partial charge on any atom is 0.230 e. The van der Waals surface area contributed by atoms with Crippen LogP contribution in [0.3, 0.4) is 0 Å². The van der Waals surface area contributed by atoms with Crippen molar-refractivity contribution in [2.24, 2.45) is 34.8 Å². The van der Waals surface area contributed by atoms with Crippen LogP contribution in [0.1, 0.15) is 68.9 Å². The molecular weight excluding hydrogens is 501 g/mol. The Hall–Kier alpha value is -2.31. The second-order valence-electron chi connectivity index (χ2n) is 12.6. The van der Waals surface area contributed by atoms with E-state index >= 15 is 0 Å². The molecule has 0 spiro atoms. The second-order valence-corrected chi connectivity index (χ2v) is 13.0. The fourth-order valence-electron chi connectivity index (χ4n) is 8.97. The Morgan fingerprint density at radius 2 is 1.76 bits per heavy atom. The Balaban J connectivity index is 1.13. The lowest BCUT2D eigenvalue weighted by Crippen LogP contribution is -2.60. The van der Waals surface area contributed by atoms with Crippen molar-refractivity contribution >= 4 is 23.3 Å². The topological polar surface area (TPSA) is 85.1 Å². The van der Waals surface area contributed by atoms with Crippen LogP contribution in [0.2, 0.25) is 5.02 Å². The molecular formula is C31H37ClFN3O2. The number of nitrogens with zero attached hydrogens (tertiary/aromatic N) is 1. The molecule has 1 aromatic carbocycles. The molecule has 38 heavy (non-hydrogen) atoms. The van der Waals surface area contributed by atoms with Gasteiger partial charge in [0.15, 0.2) is 0 Å². The van der Waals surface area contributed by atoms with Crippen molar-refractivity contribution in [1.82, 2.24) is 10.3 Å². The summed E-state index contributed by atoms with van der Waals surface area (Å²) in [6.07, 6.45) is 12.4. The highest BCUT2D eigenvalue weighted by Gasteiger charge is 2.58. The second kappa shape index (κ2) is 10.0. The van der Waals surface area contributed by atoms with Gasteiger partial charge in [0.05, 0.1) is 5.41 Å². The summed E-state index contributed by atoms with van der Waals surface area (Å²) in [6.45, 7) is 0.416. The summed E-state index contributed by atoms with van der Waals surface area (Å²) in [6, 6.07) is 8.09. The highest BCUT2D eigenvalue weighted by atomic mass is 35.5. The zero-order valence-corrected chi connectivity index (χ0v) is 22.6. The van der Waals surface area contributed by atoms with Crippen LogP contribution in [-0.2, 0) is 21.4 Å². The quantitative estimate of drug-likeness (QED) is 0.473. The molecule has 7 rings (SSSR count). The third-order valence-electron chi connectivity index (χ3n) is 10.4.